The maximum Gasteiger partial charge on any atom is 0.419 e. The van der Waals surface area contributed by atoms with Crippen LogP contribution in [0.3, 0.4) is 0 Å². The summed E-state index contributed by atoms with van der Waals surface area (Å²) >= 11 is 0. The molecule has 3 aromatic rings. The largest absolute Gasteiger partial charge is 0.419 e. The zero-order valence-corrected chi connectivity index (χ0v) is 15.8. The predicted octanol–water partition coefficient (Wildman–Crippen LogP) is 2.75. The number of amides is 1. The minimum atomic E-state index is -0.380. The van der Waals surface area contributed by atoms with Gasteiger partial charge in [0, 0.05) is 26.1 Å². The average Bonchev–Trinajstić information content (AvgIpc) is 2.96. The summed E-state index contributed by atoms with van der Waals surface area (Å²) in [6.07, 6.45) is 0.941. The van der Waals surface area contributed by atoms with Gasteiger partial charge in [0.1, 0.15) is 0 Å². The highest BCUT2D eigenvalue weighted by atomic mass is 16.4. The summed E-state index contributed by atoms with van der Waals surface area (Å²) in [6, 6.07) is 15.4. The van der Waals surface area contributed by atoms with Gasteiger partial charge in [0.2, 0.25) is 5.91 Å². The topological polar surface area (TPSA) is 67.5 Å². The first-order chi connectivity index (χ1) is 13.0. The summed E-state index contributed by atoms with van der Waals surface area (Å²) < 4.78 is 6.79. The number of rotatable bonds is 8. The summed E-state index contributed by atoms with van der Waals surface area (Å²) in [7, 11) is 4.05. The first-order valence-electron chi connectivity index (χ1n) is 9.11. The summed E-state index contributed by atoms with van der Waals surface area (Å²) in [5, 5.41) is 2.98. The summed E-state index contributed by atoms with van der Waals surface area (Å²) in [6.45, 7) is 1.81. The molecule has 1 heterocycles. The van der Waals surface area contributed by atoms with Crippen LogP contribution in [0.5, 0.6) is 0 Å². The van der Waals surface area contributed by atoms with E-state index in [0.717, 1.165) is 17.6 Å². The number of aromatic nitrogens is 1. The number of nitrogens with one attached hydrogen (secondary N) is 1. The lowest BCUT2D eigenvalue weighted by Crippen LogP contribution is -2.24. The average molecular weight is 367 g/mol. The molecule has 0 saturated heterocycles. The Morgan fingerprint density at radius 3 is 2.56 bits per heavy atom. The van der Waals surface area contributed by atoms with Crippen molar-refractivity contribution in [1.82, 2.24) is 14.8 Å². The molecule has 0 aliphatic rings. The van der Waals surface area contributed by atoms with Gasteiger partial charge in [-0.15, -0.1) is 0 Å². The number of hydrogen-bond donors (Lipinski definition) is 1. The van der Waals surface area contributed by atoms with Crippen molar-refractivity contribution in [1.29, 1.82) is 0 Å². The third kappa shape index (κ3) is 4.86. The van der Waals surface area contributed by atoms with Crippen molar-refractivity contribution in [3.63, 3.8) is 0 Å². The van der Waals surface area contributed by atoms with E-state index in [0.29, 0.717) is 31.5 Å². The van der Waals surface area contributed by atoms with Gasteiger partial charge < -0.3 is 14.6 Å². The van der Waals surface area contributed by atoms with Crippen molar-refractivity contribution in [3.05, 3.63) is 70.2 Å². The van der Waals surface area contributed by atoms with Gasteiger partial charge in [-0.25, -0.2) is 4.79 Å². The zero-order valence-electron chi connectivity index (χ0n) is 15.8. The molecule has 0 fully saturated rings. The smallest absolute Gasteiger partial charge is 0.408 e. The molecule has 0 aliphatic carbocycles. The van der Waals surface area contributed by atoms with Crippen LogP contribution in [0.15, 0.2) is 57.7 Å². The Balaban J connectivity index is 1.52. The maximum absolute atomic E-state index is 12.2. The molecule has 0 atom stereocenters. The Morgan fingerprint density at radius 1 is 1.07 bits per heavy atom. The van der Waals surface area contributed by atoms with E-state index < -0.39 is 0 Å². The van der Waals surface area contributed by atoms with Crippen LogP contribution in [0.2, 0.25) is 0 Å². The third-order valence-corrected chi connectivity index (χ3v) is 4.44. The van der Waals surface area contributed by atoms with Crippen LogP contribution in [0.1, 0.15) is 24.0 Å². The second-order valence-corrected chi connectivity index (χ2v) is 6.87. The van der Waals surface area contributed by atoms with Crippen LogP contribution >= 0.6 is 0 Å². The van der Waals surface area contributed by atoms with Crippen molar-refractivity contribution < 1.29 is 9.21 Å². The zero-order chi connectivity index (χ0) is 19.2. The molecule has 0 spiro atoms. The van der Waals surface area contributed by atoms with E-state index in [2.05, 4.69) is 16.3 Å². The molecule has 1 amide bonds. The molecule has 6 nitrogen and oxygen atoms in total. The van der Waals surface area contributed by atoms with E-state index in [1.165, 1.54) is 5.56 Å². The van der Waals surface area contributed by atoms with Crippen molar-refractivity contribution in [2.75, 3.05) is 14.1 Å². The van der Waals surface area contributed by atoms with Crippen molar-refractivity contribution >= 4 is 17.0 Å². The van der Waals surface area contributed by atoms with E-state index in [4.69, 9.17) is 4.42 Å². The number of carbonyl (C=O) groups is 1. The fourth-order valence-corrected chi connectivity index (χ4v) is 3.13. The molecule has 2 aromatic carbocycles. The summed E-state index contributed by atoms with van der Waals surface area (Å²) in [5.41, 5.74) is 3.67. The monoisotopic (exact) mass is 367 g/mol. The van der Waals surface area contributed by atoms with Crippen LogP contribution in [-0.2, 0) is 24.4 Å². The number of fused-ring (bicyclic) bond motifs is 1. The number of para-hydroxylation sites is 2. The fraction of sp³-hybridized carbons (Fsp3) is 0.333. The van der Waals surface area contributed by atoms with E-state index in [1.54, 1.807) is 10.6 Å². The normalized spacial score (nSPS) is 11.2. The van der Waals surface area contributed by atoms with Gasteiger partial charge in [0.15, 0.2) is 5.58 Å². The molecule has 3 rings (SSSR count). The minimum Gasteiger partial charge on any atom is -0.408 e. The van der Waals surface area contributed by atoms with Gasteiger partial charge in [0.05, 0.1) is 5.52 Å². The van der Waals surface area contributed by atoms with Crippen molar-refractivity contribution in [2.24, 2.45) is 0 Å². The molecular weight excluding hydrogens is 342 g/mol. The summed E-state index contributed by atoms with van der Waals surface area (Å²) in [5.74, 6) is -0.398. The molecule has 1 N–H and O–H groups in total. The molecule has 0 radical (unpaired) electrons. The van der Waals surface area contributed by atoms with Gasteiger partial charge in [-0.05, 0) is 43.8 Å². The Morgan fingerprint density at radius 2 is 1.78 bits per heavy atom. The van der Waals surface area contributed by atoms with Crippen molar-refractivity contribution in [2.45, 2.75) is 32.5 Å². The number of benzene rings is 2. The van der Waals surface area contributed by atoms with Gasteiger partial charge >= 0.3 is 5.76 Å². The lowest BCUT2D eigenvalue weighted by molar-refractivity contribution is -0.121. The highest BCUT2D eigenvalue weighted by molar-refractivity contribution is 5.76. The molecule has 0 aliphatic heterocycles. The predicted molar refractivity (Wildman–Crippen MR) is 105 cm³/mol. The molecule has 0 saturated carbocycles. The molecule has 1 aromatic heterocycles. The molecule has 27 heavy (non-hydrogen) atoms. The van der Waals surface area contributed by atoms with Gasteiger partial charge in [-0.1, -0.05) is 36.4 Å². The van der Waals surface area contributed by atoms with Crippen LogP contribution in [0.25, 0.3) is 11.1 Å². The minimum absolute atomic E-state index is 0.0181. The number of aryl methyl sites for hydroxylation is 1. The molecule has 0 bridgehead atoms. The molecule has 142 valence electrons. The second-order valence-electron chi connectivity index (χ2n) is 6.87. The highest BCUT2D eigenvalue weighted by Gasteiger charge is 2.10. The maximum atomic E-state index is 12.2. The number of oxazole rings is 1. The lowest BCUT2D eigenvalue weighted by atomic mass is 10.1. The van der Waals surface area contributed by atoms with Crippen LogP contribution < -0.4 is 11.1 Å². The molecule has 6 heteroatoms. The van der Waals surface area contributed by atoms with Crippen LogP contribution in [-0.4, -0.2) is 29.5 Å². The standard InChI is InChI=1S/C21H25N3O3/c1-23(2)15-17-9-4-3-8-16(17)14-22-20(25)12-7-13-24-18-10-5-6-11-19(18)27-21(24)26/h3-6,8-11H,7,12-15H2,1-2H3,(H,22,25). The quantitative estimate of drug-likeness (QED) is 0.665. The summed E-state index contributed by atoms with van der Waals surface area (Å²) in [4.78, 5) is 26.2. The second kappa shape index (κ2) is 8.68. The van der Waals surface area contributed by atoms with Gasteiger partial charge in [-0.3, -0.25) is 9.36 Å². The molecular formula is C21H25N3O3. The Hall–Kier alpha value is -2.86. The molecule has 0 unspecified atom stereocenters. The van der Waals surface area contributed by atoms with Crippen LogP contribution in [0.4, 0.5) is 0 Å². The first-order valence-corrected chi connectivity index (χ1v) is 9.11. The Labute approximate surface area is 158 Å². The Kier molecular flexibility index (Phi) is 6.08. The van der Waals surface area contributed by atoms with E-state index in [1.807, 2.05) is 50.5 Å². The number of nitrogens with zero attached hydrogens (tertiary/aromatic N) is 2. The number of hydrogen-bond acceptors (Lipinski definition) is 4. The Bertz CT molecular complexity index is 972. The van der Waals surface area contributed by atoms with Crippen LogP contribution in [0, 0.1) is 0 Å². The fourth-order valence-electron chi connectivity index (χ4n) is 3.13. The van der Waals surface area contributed by atoms with E-state index >= 15 is 0 Å². The van der Waals surface area contributed by atoms with Gasteiger partial charge in [0.25, 0.3) is 0 Å². The SMILES string of the molecule is CN(C)Cc1ccccc1CNC(=O)CCCn1c(=O)oc2ccccc21. The van der Waals surface area contributed by atoms with E-state index in [-0.39, 0.29) is 11.7 Å². The highest BCUT2D eigenvalue weighted by Crippen LogP contribution is 2.13. The van der Waals surface area contributed by atoms with Crippen molar-refractivity contribution in [3.8, 4) is 0 Å². The lowest BCUT2D eigenvalue weighted by Gasteiger charge is -2.14. The first kappa shape index (κ1) is 18.9. The van der Waals surface area contributed by atoms with E-state index in [9.17, 15) is 9.59 Å². The van der Waals surface area contributed by atoms with Gasteiger partial charge in [-0.2, -0.15) is 0 Å². The third-order valence-electron chi connectivity index (χ3n) is 4.44. The number of carbonyl (C=O) groups excluding carboxylic acids is 1.